The Morgan fingerprint density at radius 3 is 2.44 bits per heavy atom. The molecule has 2 N–H and O–H groups in total. The van der Waals surface area contributed by atoms with Crippen LogP contribution in [0.5, 0.6) is 5.75 Å². The van der Waals surface area contributed by atoms with Crippen molar-refractivity contribution >= 4 is 63.0 Å². The van der Waals surface area contributed by atoms with Crippen LogP contribution in [-0.4, -0.2) is 37.7 Å². The maximum absolute atomic E-state index is 12.4. The van der Waals surface area contributed by atoms with E-state index in [4.69, 9.17) is 23.2 Å². The van der Waals surface area contributed by atoms with Gasteiger partial charge in [-0.15, -0.1) is 10.2 Å². The molecule has 0 saturated carbocycles. The molecule has 0 radical (unpaired) electrons. The molecule has 0 fully saturated rings. The summed E-state index contributed by atoms with van der Waals surface area (Å²) in [6.07, 6.45) is 1.37. The number of aromatic nitrogens is 3. The standard InChI is InChI=1S/C23H16BrCl2N5O2S/c24-16-3-10-20(32)15(11-16)12-27-28-21(33)13-34-23-30-29-22(14-1-4-17(25)5-2-14)31(23)19-8-6-18(26)7-9-19/h1-12,32H,13H2,(H,28,33). The van der Waals surface area contributed by atoms with Gasteiger partial charge in [0.05, 0.1) is 12.0 Å². The maximum Gasteiger partial charge on any atom is 0.250 e. The summed E-state index contributed by atoms with van der Waals surface area (Å²) in [5, 5.41) is 24.1. The maximum atomic E-state index is 12.4. The Morgan fingerprint density at radius 1 is 1.06 bits per heavy atom. The number of thioether (sulfide) groups is 1. The topological polar surface area (TPSA) is 92.4 Å². The lowest BCUT2D eigenvalue weighted by Gasteiger charge is -2.10. The number of nitrogens with one attached hydrogen (secondary N) is 1. The van der Waals surface area contributed by atoms with E-state index >= 15 is 0 Å². The second kappa shape index (κ2) is 11.1. The molecular formula is C23H16BrCl2N5O2S. The fraction of sp³-hybridized carbons (Fsp3) is 0.0435. The van der Waals surface area contributed by atoms with Crippen LogP contribution in [0.15, 0.2) is 81.5 Å². The van der Waals surface area contributed by atoms with E-state index in [1.54, 1.807) is 36.4 Å². The fourth-order valence-electron chi connectivity index (χ4n) is 2.94. The number of phenolic OH excluding ortho intramolecular Hbond substituents is 1. The zero-order valence-electron chi connectivity index (χ0n) is 17.3. The highest BCUT2D eigenvalue weighted by Crippen LogP contribution is 2.29. The second-order valence-electron chi connectivity index (χ2n) is 6.91. The Kier molecular flexibility index (Phi) is 7.89. The van der Waals surface area contributed by atoms with Gasteiger partial charge in [0.1, 0.15) is 5.75 Å². The molecular weight excluding hydrogens is 561 g/mol. The molecule has 0 unspecified atom stereocenters. The van der Waals surface area contributed by atoms with Crippen LogP contribution in [0.2, 0.25) is 10.0 Å². The molecule has 4 aromatic rings. The van der Waals surface area contributed by atoms with E-state index in [1.165, 1.54) is 24.0 Å². The van der Waals surface area contributed by atoms with Crippen molar-refractivity contribution in [3.63, 3.8) is 0 Å². The van der Waals surface area contributed by atoms with Crippen molar-refractivity contribution in [3.8, 4) is 22.8 Å². The molecule has 1 heterocycles. The summed E-state index contributed by atoms with van der Waals surface area (Å²) in [5.41, 5.74) is 4.54. The van der Waals surface area contributed by atoms with Crippen molar-refractivity contribution in [2.24, 2.45) is 5.10 Å². The van der Waals surface area contributed by atoms with Crippen LogP contribution in [0.1, 0.15) is 5.56 Å². The van der Waals surface area contributed by atoms with Crippen molar-refractivity contribution in [1.29, 1.82) is 0 Å². The number of hydrogen-bond donors (Lipinski definition) is 2. The Hall–Kier alpha value is -2.85. The van der Waals surface area contributed by atoms with E-state index in [0.717, 1.165) is 15.7 Å². The summed E-state index contributed by atoms with van der Waals surface area (Å²) in [4.78, 5) is 12.4. The minimum Gasteiger partial charge on any atom is -0.507 e. The minimum atomic E-state index is -0.338. The highest BCUT2D eigenvalue weighted by molar-refractivity contribution is 9.10. The lowest BCUT2D eigenvalue weighted by atomic mass is 10.2. The van der Waals surface area contributed by atoms with Crippen LogP contribution < -0.4 is 5.43 Å². The Balaban J connectivity index is 1.51. The zero-order chi connectivity index (χ0) is 24.1. The van der Waals surface area contributed by atoms with Gasteiger partial charge < -0.3 is 5.11 Å². The molecule has 0 spiro atoms. The molecule has 0 saturated heterocycles. The third-order valence-electron chi connectivity index (χ3n) is 4.54. The summed E-state index contributed by atoms with van der Waals surface area (Å²) in [7, 11) is 0. The number of carbonyl (C=O) groups is 1. The summed E-state index contributed by atoms with van der Waals surface area (Å²) in [6.45, 7) is 0. The number of phenols is 1. The number of halogens is 3. The van der Waals surface area contributed by atoms with Gasteiger partial charge in [-0.25, -0.2) is 5.43 Å². The first-order valence-electron chi connectivity index (χ1n) is 9.81. The van der Waals surface area contributed by atoms with Crippen LogP contribution in [0, 0.1) is 0 Å². The van der Waals surface area contributed by atoms with Gasteiger partial charge in [0.25, 0.3) is 5.91 Å². The highest BCUT2D eigenvalue weighted by Gasteiger charge is 2.17. The van der Waals surface area contributed by atoms with Crippen LogP contribution in [0.4, 0.5) is 0 Å². The number of nitrogens with zero attached hydrogens (tertiary/aromatic N) is 4. The molecule has 34 heavy (non-hydrogen) atoms. The average molecular weight is 577 g/mol. The summed E-state index contributed by atoms with van der Waals surface area (Å²) in [6, 6.07) is 19.4. The lowest BCUT2D eigenvalue weighted by Crippen LogP contribution is -2.20. The predicted octanol–water partition coefficient (Wildman–Crippen LogP) is 5.95. The first-order valence-corrected chi connectivity index (χ1v) is 12.3. The summed E-state index contributed by atoms with van der Waals surface area (Å²) < 4.78 is 2.63. The van der Waals surface area contributed by atoms with Crippen molar-refractivity contribution in [3.05, 3.63) is 86.8 Å². The molecule has 0 atom stereocenters. The van der Waals surface area contributed by atoms with Crippen LogP contribution in [0.3, 0.4) is 0 Å². The first kappa shape index (κ1) is 24.3. The van der Waals surface area contributed by atoms with Crippen molar-refractivity contribution in [1.82, 2.24) is 20.2 Å². The number of amides is 1. The molecule has 0 aliphatic heterocycles. The molecule has 0 aliphatic rings. The van der Waals surface area contributed by atoms with Gasteiger partial charge in [0, 0.05) is 31.3 Å². The monoisotopic (exact) mass is 575 g/mol. The average Bonchev–Trinajstić information content (AvgIpc) is 3.25. The Labute approximate surface area is 217 Å². The second-order valence-corrected chi connectivity index (χ2v) is 9.64. The molecule has 3 aromatic carbocycles. The number of aromatic hydroxyl groups is 1. The van der Waals surface area contributed by atoms with Gasteiger partial charge >= 0.3 is 0 Å². The summed E-state index contributed by atoms with van der Waals surface area (Å²) in [5.74, 6) is 0.370. The first-order chi connectivity index (χ1) is 16.4. The number of hydrogen-bond acceptors (Lipinski definition) is 6. The number of benzene rings is 3. The normalized spacial score (nSPS) is 11.1. The highest BCUT2D eigenvalue weighted by atomic mass is 79.9. The van der Waals surface area contributed by atoms with Crippen LogP contribution in [0.25, 0.3) is 17.1 Å². The van der Waals surface area contributed by atoms with E-state index in [1.807, 2.05) is 28.8 Å². The van der Waals surface area contributed by atoms with E-state index in [-0.39, 0.29) is 17.4 Å². The molecule has 4 rings (SSSR count). The minimum absolute atomic E-state index is 0.0497. The van der Waals surface area contributed by atoms with E-state index < -0.39 is 0 Å². The molecule has 11 heteroatoms. The smallest absolute Gasteiger partial charge is 0.250 e. The molecule has 7 nitrogen and oxygen atoms in total. The van der Waals surface area contributed by atoms with Gasteiger partial charge in [-0.2, -0.15) is 5.10 Å². The van der Waals surface area contributed by atoms with E-state index in [9.17, 15) is 9.90 Å². The van der Waals surface area contributed by atoms with Crippen molar-refractivity contribution in [2.75, 3.05) is 5.75 Å². The molecule has 1 aromatic heterocycles. The number of carbonyl (C=O) groups excluding carboxylic acids is 1. The SMILES string of the molecule is O=C(CSc1nnc(-c2ccc(Cl)cc2)n1-c1ccc(Cl)cc1)NN=Cc1cc(Br)ccc1O. The zero-order valence-corrected chi connectivity index (χ0v) is 21.2. The largest absolute Gasteiger partial charge is 0.507 e. The van der Waals surface area contributed by atoms with Crippen molar-refractivity contribution < 1.29 is 9.90 Å². The van der Waals surface area contributed by atoms with Gasteiger partial charge in [0.15, 0.2) is 11.0 Å². The van der Waals surface area contributed by atoms with E-state index in [0.29, 0.717) is 26.6 Å². The third kappa shape index (κ3) is 5.98. The molecule has 172 valence electrons. The molecule has 0 bridgehead atoms. The Bertz CT molecular complexity index is 1340. The van der Waals surface area contributed by atoms with Gasteiger partial charge in [0.2, 0.25) is 0 Å². The summed E-state index contributed by atoms with van der Waals surface area (Å²) >= 11 is 16.6. The molecule has 0 aliphatic carbocycles. The predicted molar refractivity (Wildman–Crippen MR) is 139 cm³/mol. The number of rotatable bonds is 7. The van der Waals surface area contributed by atoms with Gasteiger partial charge in [-0.1, -0.05) is 50.9 Å². The fourth-order valence-corrected chi connectivity index (χ4v) is 4.31. The third-order valence-corrected chi connectivity index (χ3v) is 6.46. The lowest BCUT2D eigenvalue weighted by molar-refractivity contribution is -0.118. The van der Waals surface area contributed by atoms with Gasteiger partial charge in [-0.05, 0) is 66.7 Å². The van der Waals surface area contributed by atoms with E-state index in [2.05, 4.69) is 36.7 Å². The number of hydrazone groups is 1. The van der Waals surface area contributed by atoms with Crippen molar-refractivity contribution in [2.45, 2.75) is 5.16 Å². The quantitative estimate of drug-likeness (QED) is 0.161. The Morgan fingerprint density at radius 2 is 1.74 bits per heavy atom. The molecule has 1 amide bonds. The van der Waals surface area contributed by atoms with Gasteiger partial charge in [-0.3, -0.25) is 9.36 Å². The van der Waals surface area contributed by atoms with Crippen LogP contribution in [-0.2, 0) is 4.79 Å². The van der Waals surface area contributed by atoms with Crippen LogP contribution >= 0.6 is 50.9 Å².